The molecule has 0 unspecified atom stereocenters. The summed E-state index contributed by atoms with van der Waals surface area (Å²) in [5.74, 6) is 0.542. The number of hydrogen-bond donors (Lipinski definition) is 2. The highest BCUT2D eigenvalue weighted by atomic mass is 16.6. The summed E-state index contributed by atoms with van der Waals surface area (Å²) in [4.78, 5) is 41.1. The highest BCUT2D eigenvalue weighted by molar-refractivity contribution is 5.79. The monoisotopic (exact) mass is 590 g/mol. The Morgan fingerprint density at radius 1 is 1.00 bits per heavy atom. The van der Waals surface area contributed by atoms with Gasteiger partial charge in [0, 0.05) is 38.6 Å². The number of nitrogens with zero attached hydrogens (tertiary/aromatic N) is 2. The van der Waals surface area contributed by atoms with E-state index in [1.807, 2.05) is 30.6 Å². The Morgan fingerprint density at radius 3 is 2.47 bits per heavy atom. The molecule has 0 radical (unpaired) electrons. The van der Waals surface area contributed by atoms with E-state index in [9.17, 15) is 14.4 Å². The number of alkyl carbamates (subject to hydrolysis) is 1. The number of carbonyl (C=O) groups excluding carboxylic acids is 3. The van der Waals surface area contributed by atoms with E-state index in [0.29, 0.717) is 25.6 Å². The number of nitrogens with one attached hydrogen (secondary N) is 2. The molecule has 3 fully saturated rings. The Hall–Kier alpha value is -3.59. The second-order valence-corrected chi connectivity index (χ2v) is 13.0. The number of aryl methyl sites for hydroxylation is 1. The van der Waals surface area contributed by atoms with Crippen LogP contribution in [-0.4, -0.2) is 84.9 Å². The molecular formula is C34H46N4O5. The quantitative estimate of drug-likeness (QED) is 0.456. The molecule has 3 atom stereocenters. The van der Waals surface area contributed by atoms with E-state index in [1.54, 1.807) is 0 Å². The third-order valence-corrected chi connectivity index (χ3v) is 8.66. The third-order valence-electron chi connectivity index (χ3n) is 8.66. The summed E-state index contributed by atoms with van der Waals surface area (Å²) in [6.45, 7) is 8.85. The van der Waals surface area contributed by atoms with E-state index >= 15 is 0 Å². The molecule has 2 N–H and O–H groups in total. The van der Waals surface area contributed by atoms with Gasteiger partial charge in [-0.2, -0.15) is 0 Å². The fourth-order valence-corrected chi connectivity index (χ4v) is 6.63. The van der Waals surface area contributed by atoms with Crippen molar-refractivity contribution in [2.75, 3.05) is 39.3 Å². The molecule has 3 aliphatic heterocycles. The number of carbonyl (C=O) groups is 3. The van der Waals surface area contributed by atoms with Crippen LogP contribution < -0.4 is 10.6 Å². The first-order valence-electron chi connectivity index (χ1n) is 15.7. The average molecular weight is 591 g/mol. The van der Waals surface area contributed by atoms with Gasteiger partial charge in [-0.1, -0.05) is 54.6 Å². The van der Waals surface area contributed by atoms with Gasteiger partial charge in [-0.05, 0) is 75.5 Å². The Balaban J connectivity index is 1.19. The van der Waals surface area contributed by atoms with Crippen molar-refractivity contribution in [3.05, 3.63) is 71.3 Å². The van der Waals surface area contributed by atoms with Gasteiger partial charge in [0.1, 0.15) is 12.2 Å². The Morgan fingerprint density at radius 2 is 1.72 bits per heavy atom. The normalized spacial score (nSPS) is 21.9. The van der Waals surface area contributed by atoms with Gasteiger partial charge in [0.15, 0.2) is 0 Å². The molecule has 9 nitrogen and oxygen atoms in total. The summed E-state index contributed by atoms with van der Waals surface area (Å²) >= 11 is 0. The number of benzene rings is 2. The topological polar surface area (TPSA) is 100 Å². The maximum absolute atomic E-state index is 13.5. The molecule has 2 aromatic carbocycles. The summed E-state index contributed by atoms with van der Waals surface area (Å²) in [7, 11) is 0. The zero-order valence-corrected chi connectivity index (χ0v) is 25.7. The maximum atomic E-state index is 13.5. The van der Waals surface area contributed by atoms with E-state index in [2.05, 4.69) is 65.2 Å². The van der Waals surface area contributed by atoms with Crippen LogP contribution in [0, 0.1) is 5.92 Å². The molecule has 0 aromatic heterocycles. The number of rotatable bonds is 7. The molecule has 3 aliphatic rings. The first-order chi connectivity index (χ1) is 20.7. The van der Waals surface area contributed by atoms with Crippen molar-refractivity contribution < 1.29 is 23.9 Å². The second-order valence-electron chi connectivity index (χ2n) is 13.0. The van der Waals surface area contributed by atoms with E-state index in [0.717, 1.165) is 45.2 Å². The molecule has 3 saturated heterocycles. The summed E-state index contributed by atoms with van der Waals surface area (Å²) < 4.78 is 11.0. The summed E-state index contributed by atoms with van der Waals surface area (Å²) in [6.07, 6.45) is 3.90. The SMILES string of the molecule is CC(C)(C)OC(=O)NCCCc1cccc([C@H](c2ccccc2)C2CCN(C(=O)N3CC[C@@H]4OCC(=O)N[C@@H]4C3)CC2)c1. The minimum Gasteiger partial charge on any atom is -0.444 e. The Kier molecular flexibility index (Phi) is 9.90. The average Bonchev–Trinajstić information content (AvgIpc) is 2.99. The third kappa shape index (κ3) is 8.28. The summed E-state index contributed by atoms with van der Waals surface area (Å²) in [5.41, 5.74) is 3.34. The number of likely N-dealkylation sites (tertiary alicyclic amines) is 2. The molecule has 5 rings (SSSR count). The number of hydrogen-bond acceptors (Lipinski definition) is 5. The number of morpholine rings is 1. The van der Waals surface area contributed by atoms with Gasteiger partial charge in [0.2, 0.25) is 5.91 Å². The van der Waals surface area contributed by atoms with Gasteiger partial charge in [0.05, 0.1) is 12.1 Å². The Bertz CT molecular complexity index is 1250. The number of amides is 4. The van der Waals surface area contributed by atoms with Gasteiger partial charge in [-0.25, -0.2) is 9.59 Å². The molecule has 0 saturated carbocycles. The predicted octanol–water partition coefficient (Wildman–Crippen LogP) is 4.70. The highest BCUT2D eigenvalue weighted by Crippen LogP contribution is 2.38. The number of piperidine rings is 2. The minimum absolute atomic E-state index is 0.00359. The van der Waals surface area contributed by atoms with E-state index in [1.165, 1.54) is 16.7 Å². The van der Waals surface area contributed by atoms with Crippen molar-refractivity contribution >= 4 is 18.0 Å². The van der Waals surface area contributed by atoms with E-state index < -0.39 is 5.60 Å². The molecule has 0 aliphatic carbocycles. The smallest absolute Gasteiger partial charge is 0.407 e. The fraction of sp³-hybridized carbons (Fsp3) is 0.559. The lowest BCUT2D eigenvalue weighted by Gasteiger charge is -2.44. The lowest BCUT2D eigenvalue weighted by atomic mass is 9.75. The van der Waals surface area contributed by atoms with E-state index in [4.69, 9.17) is 9.47 Å². The van der Waals surface area contributed by atoms with Crippen LogP contribution >= 0.6 is 0 Å². The zero-order chi connectivity index (χ0) is 30.4. The van der Waals surface area contributed by atoms with Crippen molar-refractivity contribution in [2.45, 2.75) is 76.5 Å². The van der Waals surface area contributed by atoms with Gasteiger partial charge < -0.3 is 29.9 Å². The first kappa shape index (κ1) is 30.9. The highest BCUT2D eigenvalue weighted by Gasteiger charge is 2.38. The Labute approximate surface area is 255 Å². The van der Waals surface area contributed by atoms with Gasteiger partial charge in [-0.15, -0.1) is 0 Å². The number of ether oxygens (including phenoxy) is 2. The lowest BCUT2D eigenvalue weighted by Crippen LogP contribution is -2.62. The summed E-state index contributed by atoms with van der Waals surface area (Å²) in [6, 6.07) is 19.5. The minimum atomic E-state index is -0.505. The molecule has 4 amide bonds. The zero-order valence-electron chi connectivity index (χ0n) is 25.7. The van der Waals surface area contributed by atoms with Crippen LogP contribution in [0.5, 0.6) is 0 Å². The van der Waals surface area contributed by atoms with Crippen LogP contribution in [0.2, 0.25) is 0 Å². The molecule has 43 heavy (non-hydrogen) atoms. The molecule has 3 heterocycles. The maximum Gasteiger partial charge on any atom is 0.407 e. The fourth-order valence-electron chi connectivity index (χ4n) is 6.63. The molecule has 9 heteroatoms. The van der Waals surface area contributed by atoms with Crippen molar-refractivity contribution in [1.82, 2.24) is 20.4 Å². The molecule has 232 valence electrons. The van der Waals surface area contributed by atoms with Crippen LogP contribution in [-0.2, 0) is 20.7 Å². The lowest BCUT2D eigenvalue weighted by molar-refractivity contribution is -0.139. The van der Waals surface area contributed by atoms with Crippen LogP contribution in [0.3, 0.4) is 0 Å². The van der Waals surface area contributed by atoms with Crippen molar-refractivity contribution in [1.29, 1.82) is 0 Å². The molecule has 2 aromatic rings. The molecule has 0 spiro atoms. The molecule has 0 bridgehead atoms. The second kappa shape index (κ2) is 13.8. The van der Waals surface area contributed by atoms with Gasteiger partial charge in [-0.3, -0.25) is 4.79 Å². The number of fused-ring (bicyclic) bond motifs is 1. The van der Waals surface area contributed by atoms with Crippen molar-refractivity contribution in [3.8, 4) is 0 Å². The van der Waals surface area contributed by atoms with Crippen LogP contribution in [0.15, 0.2) is 54.6 Å². The van der Waals surface area contributed by atoms with Crippen molar-refractivity contribution in [3.63, 3.8) is 0 Å². The standard InChI is InChI=1S/C34H46N4O5/c1-34(2,3)43-32(40)35-17-8-10-24-9-7-13-27(21-24)31(25-11-5-4-6-12-25)26-14-18-37(19-15-26)33(41)38-20-16-29-28(22-38)36-30(39)23-42-29/h4-7,9,11-13,21,26,28-29,31H,8,10,14-20,22-23H2,1-3H3,(H,35,40)(H,36,39)/t28-,29+,31-/m1/s1. The van der Waals surface area contributed by atoms with E-state index in [-0.39, 0.29) is 42.7 Å². The largest absolute Gasteiger partial charge is 0.444 e. The summed E-state index contributed by atoms with van der Waals surface area (Å²) in [5, 5.41) is 5.85. The van der Waals surface area contributed by atoms with Crippen LogP contribution in [0.4, 0.5) is 9.59 Å². The molecular weight excluding hydrogens is 544 g/mol. The van der Waals surface area contributed by atoms with Crippen LogP contribution in [0.1, 0.15) is 69.1 Å². The first-order valence-corrected chi connectivity index (χ1v) is 15.7. The number of urea groups is 1. The van der Waals surface area contributed by atoms with Gasteiger partial charge >= 0.3 is 12.1 Å². The van der Waals surface area contributed by atoms with Crippen molar-refractivity contribution in [2.24, 2.45) is 5.92 Å². The van der Waals surface area contributed by atoms with Gasteiger partial charge in [0.25, 0.3) is 0 Å². The van der Waals surface area contributed by atoms with Crippen LogP contribution in [0.25, 0.3) is 0 Å². The predicted molar refractivity (Wildman–Crippen MR) is 165 cm³/mol.